The van der Waals surface area contributed by atoms with Crippen molar-refractivity contribution in [2.45, 2.75) is 31.2 Å². The molecule has 0 atom stereocenters. The van der Waals surface area contributed by atoms with Crippen LogP contribution in [-0.2, 0) is 4.74 Å². The Kier molecular flexibility index (Phi) is 3.94. The molecule has 0 spiro atoms. The third-order valence-corrected chi connectivity index (χ3v) is 5.50. The molecular formula is C14H18ClNO2S. The van der Waals surface area contributed by atoms with Crippen LogP contribution in [0.2, 0.25) is 4.34 Å². The van der Waals surface area contributed by atoms with Gasteiger partial charge in [0.1, 0.15) is 0 Å². The van der Waals surface area contributed by atoms with Crippen LogP contribution in [-0.4, -0.2) is 42.5 Å². The Hall–Kier alpha value is -0.420. The zero-order chi connectivity index (χ0) is 13.3. The topological polar surface area (TPSA) is 29.5 Å². The number of morpholine rings is 1. The van der Waals surface area contributed by atoms with Crippen molar-refractivity contribution in [1.29, 1.82) is 0 Å². The Morgan fingerprint density at radius 2 is 1.95 bits per heavy atom. The molecule has 0 amide bonds. The molecule has 0 radical (unpaired) electrons. The lowest BCUT2D eigenvalue weighted by Crippen LogP contribution is -2.56. The van der Waals surface area contributed by atoms with Crippen LogP contribution in [0.4, 0.5) is 0 Å². The summed E-state index contributed by atoms with van der Waals surface area (Å²) in [4.78, 5) is 16.1. The predicted molar refractivity (Wildman–Crippen MR) is 77.3 cm³/mol. The molecule has 5 heteroatoms. The summed E-state index contributed by atoms with van der Waals surface area (Å²) in [6.45, 7) is 3.20. The summed E-state index contributed by atoms with van der Waals surface area (Å²) in [7, 11) is 0. The number of carbonyl (C=O) groups is 1. The quantitative estimate of drug-likeness (QED) is 0.803. The number of hydrogen-bond acceptors (Lipinski definition) is 4. The minimum Gasteiger partial charge on any atom is -0.379 e. The molecule has 2 aliphatic rings. The van der Waals surface area contributed by atoms with E-state index in [1.54, 1.807) is 0 Å². The van der Waals surface area contributed by atoms with Gasteiger partial charge in [0.15, 0.2) is 5.78 Å². The van der Waals surface area contributed by atoms with Gasteiger partial charge in [0.2, 0.25) is 0 Å². The molecule has 0 bridgehead atoms. The maximum absolute atomic E-state index is 13.0. The van der Waals surface area contributed by atoms with Gasteiger partial charge in [0, 0.05) is 13.1 Å². The minimum atomic E-state index is -0.294. The highest BCUT2D eigenvalue weighted by atomic mass is 35.5. The molecule has 3 rings (SSSR count). The first kappa shape index (κ1) is 13.6. The van der Waals surface area contributed by atoms with E-state index in [-0.39, 0.29) is 11.3 Å². The van der Waals surface area contributed by atoms with Gasteiger partial charge in [-0.05, 0) is 25.0 Å². The Morgan fingerprint density at radius 1 is 1.26 bits per heavy atom. The molecule has 1 saturated carbocycles. The summed E-state index contributed by atoms with van der Waals surface area (Å²) in [6.07, 6.45) is 4.23. The van der Waals surface area contributed by atoms with Crippen molar-refractivity contribution in [1.82, 2.24) is 4.90 Å². The number of thiophene rings is 1. The number of rotatable bonds is 3. The highest BCUT2D eigenvalue weighted by Crippen LogP contribution is 2.40. The van der Waals surface area contributed by atoms with Crippen molar-refractivity contribution in [3.63, 3.8) is 0 Å². The van der Waals surface area contributed by atoms with E-state index in [1.807, 2.05) is 12.1 Å². The maximum Gasteiger partial charge on any atom is 0.193 e. The summed E-state index contributed by atoms with van der Waals surface area (Å²) in [5.41, 5.74) is -0.294. The number of Topliss-reactive ketones (excluding diaryl/α,β-unsaturated/α-hetero) is 1. The van der Waals surface area contributed by atoms with Crippen LogP contribution in [0.15, 0.2) is 12.1 Å². The lowest BCUT2D eigenvalue weighted by Gasteiger charge is -2.41. The Labute approximate surface area is 122 Å². The molecule has 2 fully saturated rings. The molecule has 1 aliphatic carbocycles. The third-order valence-electron chi connectivity index (χ3n) is 4.27. The Morgan fingerprint density at radius 3 is 2.53 bits per heavy atom. The van der Waals surface area contributed by atoms with Crippen molar-refractivity contribution < 1.29 is 9.53 Å². The van der Waals surface area contributed by atoms with E-state index in [2.05, 4.69) is 4.90 Å². The lowest BCUT2D eigenvalue weighted by atomic mass is 9.88. The SMILES string of the molecule is O=C(c1ccc(Cl)s1)C1(N2CCOCC2)CCCC1. The normalized spacial score (nSPS) is 23.6. The summed E-state index contributed by atoms with van der Waals surface area (Å²) in [5.74, 6) is 0.267. The number of nitrogens with zero attached hydrogens (tertiary/aromatic N) is 1. The smallest absolute Gasteiger partial charge is 0.193 e. The Bertz CT molecular complexity index is 462. The molecule has 2 heterocycles. The van der Waals surface area contributed by atoms with Gasteiger partial charge in [-0.25, -0.2) is 0 Å². The zero-order valence-corrected chi connectivity index (χ0v) is 12.4. The van der Waals surface area contributed by atoms with Gasteiger partial charge < -0.3 is 4.74 Å². The zero-order valence-electron chi connectivity index (χ0n) is 10.9. The van der Waals surface area contributed by atoms with Gasteiger partial charge in [-0.2, -0.15) is 0 Å². The van der Waals surface area contributed by atoms with Crippen LogP contribution in [0.1, 0.15) is 35.4 Å². The molecule has 0 N–H and O–H groups in total. The maximum atomic E-state index is 13.0. The lowest BCUT2D eigenvalue weighted by molar-refractivity contribution is -0.0128. The van der Waals surface area contributed by atoms with Crippen molar-refractivity contribution in [3.8, 4) is 0 Å². The van der Waals surface area contributed by atoms with E-state index >= 15 is 0 Å². The number of hydrogen-bond donors (Lipinski definition) is 0. The van der Waals surface area contributed by atoms with Crippen LogP contribution in [0, 0.1) is 0 Å². The van der Waals surface area contributed by atoms with Crippen LogP contribution in [0.3, 0.4) is 0 Å². The highest BCUT2D eigenvalue weighted by Gasteiger charge is 2.46. The van der Waals surface area contributed by atoms with Crippen LogP contribution in [0.25, 0.3) is 0 Å². The first-order valence-electron chi connectivity index (χ1n) is 6.85. The fourth-order valence-electron chi connectivity index (χ4n) is 3.30. The minimum absolute atomic E-state index is 0.267. The van der Waals surface area contributed by atoms with Crippen molar-refractivity contribution >= 4 is 28.7 Å². The number of ether oxygens (including phenoxy) is 1. The standard InChI is InChI=1S/C14H18ClNO2S/c15-12-4-3-11(19-12)13(17)14(5-1-2-6-14)16-7-9-18-10-8-16/h3-4H,1-2,5-10H2. The predicted octanol–water partition coefficient (Wildman–Crippen LogP) is 3.23. The van der Waals surface area contributed by atoms with E-state index < -0.39 is 0 Å². The molecule has 1 aromatic rings. The van der Waals surface area contributed by atoms with E-state index in [0.29, 0.717) is 4.34 Å². The first-order valence-corrected chi connectivity index (χ1v) is 8.05. The number of halogens is 1. The number of ketones is 1. The molecular weight excluding hydrogens is 282 g/mol. The van der Waals surface area contributed by atoms with Crippen LogP contribution in [0.5, 0.6) is 0 Å². The first-order chi connectivity index (χ1) is 9.22. The largest absolute Gasteiger partial charge is 0.379 e. The average Bonchev–Trinajstić information content (AvgIpc) is 3.08. The van der Waals surface area contributed by atoms with E-state index in [4.69, 9.17) is 16.3 Å². The van der Waals surface area contributed by atoms with E-state index in [1.165, 1.54) is 11.3 Å². The highest BCUT2D eigenvalue weighted by molar-refractivity contribution is 7.18. The van der Waals surface area contributed by atoms with Gasteiger partial charge in [-0.1, -0.05) is 24.4 Å². The molecule has 3 nitrogen and oxygen atoms in total. The molecule has 0 aromatic carbocycles. The summed E-state index contributed by atoms with van der Waals surface area (Å²) < 4.78 is 6.12. The molecule has 1 aliphatic heterocycles. The van der Waals surface area contributed by atoms with Gasteiger partial charge in [0.25, 0.3) is 0 Å². The molecule has 0 unspecified atom stereocenters. The van der Waals surface area contributed by atoms with Crippen LogP contribution >= 0.6 is 22.9 Å². The van der Waals surface area contributed by atoms with E-state index in [0.717, 1.165) is 56.9 Å². The third kappa shape index (κ3) is 2.47. The van der Waals surface area contributed by atoms with Gasteiger partial charge >= 0.3 is 0 Å². The van der Waals surface area contributed by atoms with E-state index in [9.17, 15) is 4.79 Å². The van der Waals surface area contributed by atoms with Crippen molar-refractivity contribution in [2.24, 2.45) is 0 Å². The molecule has 19 heavy (non-hydrogen) atoms. The molecule has 1 aromatic heterocycles. The summed E-state index contributed by atoms with van der Waals surface area (Å²) in [5, 5.41) is 0. The van der Waals surface area contributed by atoms with Gasteiger partial charge in [-0.3, -0.25) is 9.69 Å². The van der Waals surface area contributed by atoms with Crippen LogP contribution < -0.4 is 0 Å². The average molecular weight is 300 g/mol. The monoisotopic (exact) mass is 299 g/mol. The molecule has 104 valence electrons. The fourth-order valence-corrected chi connectivity index (χ4v) is 4.38. The fraction of sp³-hybridized carbons (Fsp3) is 0.643. The second-order valence-electron chi connectivity index (χ2n) is 5.27. The van der Waals surface area contributed by atoms with Crippen molar-refractivity contribution in [3.05, 3.63) is 21.3 Å². The van der Waals surface area contributed by atoms with Gasteiger partial charge in [-0.15, -0.1) is 11.3 Å². The number of carbonyl (C=O) groups excluding carboxylic acids is 1. The summed E-state index contributed by atoms with van der Waals surface area (Å²) >= 11 is 7.38. The summed E-state index contributed by atoms with van der Waals surface area (Å²) in [6, 6.07) is 3.69. The van der Waals surface area contributed by atoms with Gasteiger partial charge in [0.05, 0.1) is 28.0 Å². The second-order valence-corrected chi connectivity index (χ2v) is 6.99. The Balaban J connectivity index is 1.89. The molecule has 1 saturated heterocycles. The van der Waals surface area contributed by atoms with Crippen molar-refractivity contribution in [2.75, 3.05) is 26.3 Å². The second kappa shape index (κ2) is 5.52.